The fourth-order valence-corrected chi connectivity index (χ4v) is 6.54. The van der Waals surface area contributed by atoms with Crippen molar-refractivity contribution in [3.8, 4) is 0 Å². The Kier molecular flexibility index (Phi) is 6.04. The molecule has 0 radical (unpaired) electrons. The first-order valence-corrected chi connectivity index (χ1v) is 11.8. The zero-order valence-electron chi connectivity index (χ0n) is 19.4. The number of carbonyl (C=O) groups excluding carboxylic acids is 2. The third-order valence-electron chi connectivity index (χ3n) is 7.54. The highest BCUT2D eigenvalue weighted by atomic mass is 16.5. The Balaban J connectivity index is 1.60. The molecule has 4 aliphatic carbocycles. The zero-order valence-corrected chi connectivity index (χ0v) is 19.4. The number of rotatable bonds is 7. The van der Waals surface area contributed by atoms with Gasteiger partial charge >= 0.3 is 5.97 Å². The number of β-amino-alcohol motifs (C(OH)–C–C–N with tert-alkyl or cyclic N) is 1. The summed E-state index contributed by atoms with van der Waals surface area (Å²) >= 11 is 0. The number of carbonyl (C=O) groups is 2. The fraction of sp³-hybridized carbons (Fsp3) is 0.692. The van der Waals surface area contributed by atoms with Crippen LogP contribution in [0.4, 0.5) is 0 Å². The molecule has 0 aromatic heterocycles. The van der Waals surface area contributed by atoms with E-state index in [0.717, 1.165) is 24.8 Å². The second-order valence-electron chi connectivity index (χ2n) is 11.4. The van der Waals surface area contributed by atoms with E-state index in [1.165, 1.54) is 26.2 Å². The number of hydrogen-bond donors (Lipinski definition) is 2. The van der Waals surface area contributed by atoms with Gasteiger partial charge < -0.3 is 15.2 Å². The third-order valence-corrected chi connectivity index (χ3v) is 7.54. The number of benzene rings is 1. The van der Waals surface area contributed by atoms with E-state index >= 15 is 0 Å². The van der Waals surface area contributed by atoms with E-state index in [1.807, 2.05) is 18.2 Å². The topological polar surface area (TPSA) is 75.6 Å². The first kappa shape index (κ1) is 22.5. The van der Waals surface area contributed by atoms with Crippen molar-refractivity contribution in [2.75, 3.05) is 6.54 Å². The number of Topliss-reactive ketones (excluding diaryl/α,β-unsaturated/α-hetero) is 1. The number of esters is 1. The van der Waals surface area contributed by atoms with Crippen LogP contribution in [0.1, 0.15) is 93.8 Å². The number of nitrogens with one attached hydrogen (secondary N) is 1. The van der Waals surface area contributed by atoms with Crippen molar-refractivity contribution in [3.05, 3.63) is 34.9 Å². The molecule has 4 bridgehead atoms. The van der Waals surface area contributed by atoms with Crippen molar-refractivity contribution in [1.82, 2.24) is 5.32 Å². The summed E-state index contributed by atoms with van der Waals surface area (Å²) in [6.07, 6.45) is 6.19. The van der Waals surface area contributed by atoms with E-state index in [1.54, 1.807) is 0 Å². The average molecular weight is 428 g/mol. The van der Waals surface area contributed by atoms with E-state index in [0.29, 0.717) is 35.4 Å². The molecule has 5 nitrogen and oxygen atoms in total. The van der Waals surface area contributed by atoms with Crippen molar-refractivity contribution < 1.29 is 19.4 Å². The number of aliphatic hydroxyl groups is 1. The molecule has 1 atom stereocenters. The van der Waals surface area contributed by atoms with Gasteiger partial charge in [0.15, 0.2) is 5.78 Å². The second kappa shape index (κ2) is 8.32. The smallest absolute Gasteiger partial charge is 0.302 e. The average Bonchev–Trinajstić information content (AvgIpc) is 2.68. The predicted molar refractivity (Wildman–Crippen MR) is 120 cm³/mol. The first-order valence-electron chi connectivity index (χ1n) is 11.8. The molecule has 0 aliphatic heterocycles. The van der Waals surface area contributed by atoms with Crippen LogP contribution in [0.5, 0.6) is 0 Å². The van der Waals surface area contributed by atoms with E-state index < -0.39 is 6.10 Å². The molecule has 1 unspecified atom stereocenters. The van der Waals surface area contributed by atoms with Crippen LogP contribution in [0.3, 0.4) is 0 Å². The van der Waals surface area contributed by atoms with Crippen LogP contribution in [0.25, 0.3) is 0 Å². The first-order chi connectivity index (χ1) is 14.5. The summed E-state index contributed by atoms with van der Waals surface area (Å²) in [5, 5.41) is 14.0. The van der Waals surface area contributed by atoms with Crippen LogP contribution in [0.2, 0.25) is 0 Å². The molecule has 5 rings (SSSR count). The van der Waals surface area contributed by atoms with E-state index in [-0.39, 0.29) is 29.3 Å². The molecule has 0 spiro atoms. The molecule has 1 aromatic rings. The molecular formula is C26H37NO4. The van der Waals surface area contributed by atoms with Gasteiger partial charge in [0.1, 0.15) is 6.61 Å². The Labute approximate surface area is 185 Å². The Bertz CT molecular complexity index is 818. The molecule has 2 N–H and O–H groups in total. The highest BCUT2D eigenvalue weighted by molar-refractivity contribution is 6.02. The second-order valence-corrected chi connectivity index (χ2v) is 11.4. The highest BCUT2D eigenvalue weighted by Crippen LogP contribution is 2.61. The van der Waals surface area contributed by atoms with Gasteiger partial charge in [-0.2, -0.15) is 0 Å². The molecule has 31 heavy (non-hydrogen) atoms. The van der Waals surface area contributed by atoms with Gasteiger partial charge in [-0.15, -0.1) is 0 Å². The Morgan fingerprint density at radius 1 is 1.13 bits per heavy atom. The van der Waals surface area contributed by atoms with Gasteiger partial charge in [-0.25, -0.2) is 0 Å². The van der Waals surface area contributed by atoms with Crippen molar-refractivity contribution in [3.63, 3.8) is 0 Å². The Morgan fingerprint density at radius 3 is 2.23 bits per heavy atom. The summed E-state index contributed by atoms with van der Waals surface area (Å²) in [5.74, 6) is 1.93. The van der Waals surface area contributed by atoms with Gasteiger partial charge in [-0.3, -0.25) is 9.59 Å². The number of aliphatic hydroxyl groups excluding tert-OH is 1. The lowest BCUT2D eigenvalue weighted by atomic mass is 9.48. The molecule has 4 fully saturated rings. The summed E-state index contributed by atoms with van der Waals surface area (Å²) < 4.78 is 5.30. The van der Waals surface area contributed by atoms with Gasteiger partial charge in [0.05, 0.1) is 6.10 Å². The largest absolute Gasteiger partial charge is 0.461 e. The lowest BCUT2D eigenvalue weighted by Crippen LogP contribution is -2.50. The van der Waals surface area contributed by atoms with Crippen LogP contribution in [-0.2, 0) is 16.1 Å². The molecule has 0 heterocycles. The van der Waals surface area contributed by atoms with Gasteiger partial charge in [0, 0.05) is 35.5 Å². The van der Waals surface area contributed by atoms with Crippen molar-refractivity contribution in [2.45, 2.75) is 84.5 Å². The minimum Gasteiger partial charge on any atom is -0.461 e. The molecule has 5 heteroatoms. The highest BCUT2D eigenvalue weighted by Gasteiger charge is 2.54. The molecule has 4 aliphatic rings. The van der Waals surface area contributed by atoms with Crippen molar-refractivity contribution in [2.24, 2.45) is 23.2 Å². The summed E-state index contributed by atoms with van der Waals surface area (Å²) in [6, 6.07) is 5.57. The number of ether oxygens (including phenoxy) is 1. The van der Waals surface area contributed by atoms with E-state index in [9.17, 15) is 14.7 Å². The molecule has 0 saturated heterocycles. The normalized spacial score (nSPS) is 30.3. The SMILES string of the molecule is CC(=O)OCc1cc(C(O)CNC(C)(C)C)ccc1C(=O)C12CC3CC(CC(C3)C1)C2. The maximum atomic E-state index is 13.9. The van der Waals surface area contributed by atoms with Gasteiger partial charge in [0.25, 0.3) is 0 Å². The summed E-state index contributed by atoms with van der Waals surface area (Å²) in [5.41, 5.74) is 1.77. The summed E-state index contributed by atoms with van der Waals surface area (Å²) in [6.45, 7) is 8.03. The van der Waals surface area contributed by atoms with Crippen LogP contribution < -0.4 is 5.32 Å². The van der Waals surface area contributed by atoms with Gasteiger partial charge in [0.2, 0.25) is 0 Å². The molecule has 1 aromatic carbocycles. The maximum Gasteiger partial charge on any atom is 0.302 e. The van der Waals surface area contributed by atoms with Crippen LogP contribution >= 0.6 is 0 Å². The zero-order chi connectivity index (χ0) is 22.4. The number of ketones is 1. The molecule has 4 saturated carbocycles. The monoisotopic (exact) mass is 427 g/mol. The lowest BCUT2D eigenvalue weighted by molar-refractivity contribution is -0.142. The van der Waals surface area contributed by atoms with Crippen molar-refractivity contribution >= 4 is 11.8 Å². The maximum absolute atomic E-state index is 13.9. The predicted octanol–water partition coefficient (Wildman–Crippen LogP) is 4.57. The minimum absolute atomic E-state index is 0.0655. The van der Waals surface area contributed by atoms with Gasteiger partial charge in [-0.1, -0.05) is 12.1 Å². The van der Waals surface area contributed by atoms with Crippen LogP contribution in [-0.4, -0.2) is 28.9 Å². The van der Waals surface area contributed by atoms with E-state index in [4.69, 9.17) is 4.74 Å². The standard InChI is InChI=1S/C26H37NO4/c1-16(28)31-15-21-10-20(23(29)14-27-25(2,3)4)5-6-22(21)24(30)26-11-17-7-18(12-26)9-19(8-17)13-26/h5-6,10,17-19,23,27,29H,7-9,11-15H2,1-4H3. The van der Waals surface area contributed by atoms with Gasteiger partial charge in [-0.05, 0) is 88.7 Å². The fourth-order valence-electron chi connectivity index (χ4n) is 6.54. The molecule has 170 valence electrons. The number of hydrogen-bond acceptors (Lipinski definition) is 5. The lowest BCUT2D eigenvalue weighted by Gasteiger charge is -2.56. The Morgan fingerprint density at radius 2 is 1.71 bits per heavy atom. The Hall–Kier alpha value is -1.72. The van der Waals surface area contributed by atoms with Crippen LogP contribution in [0, 0.1) is 23.2 Å². The quantitative estimate of drug-likeness (QED) is 0.492. The third kappa shape index (κ3) is 4.88. The summed E-state index contributed by atoms with van der Waals surface area (Å²) in [4.78, 5) is 25.4. The van der Waals surface area contributed by atoms with E-state index in [2.05, 4.69) is 26.1 Å². The van der Waals surface area contributed by atoms with Crippen LogP contribution in [0.15, 0.2) is 18.2 Å². The van der Waals surface area contributed by atoms with Crippen molar-refractivity contribution in [1.29, 1.82) is 0 Å². The minimum atomic E-state index is -0.695. The molecule has 0 amide bonds. The summed E-state index contributed by atoms with van der Waals surface area (Å²) in [7, 11) is 0. The molecular weight excluding hydrogens is 390 g/mol.